The molecule has 5 rings (SSSR count). The maximum Gasteiger partial charge on any atom is 0.243 e. The SMILES string of the molecule is CN(C)C/C=C/C(=O)NC1CCC(CC(=O)Cc2cccc(Cc3cc(-c4cnc5[nH]ccc5c4)ncn3)c2)CC1. The third kappa shape index (κ3) is 8.17. The highest BCUT2D eigenvalue weighted by molar-refractivity contribution is 5.87. The Balaban J connectivity index is 1.11. The minimum absolute atomic E-state index is 0.0281. The van der Waals surface area contributed by atoms with Gasteiger partial charge in [-0.3, -0.25) is 9.59 Å². The predicted molar refractivity (Wildman–Crippen MR) is 161 cm³/mol. The molecule has 1 saturated carbocycles. The summed E-state index contributed by atoms with van der Waals surface area (Å²) in [6.07, 6.45) is 14.3. The molecule has 3 heterocycles. The standard InChI is InChI=1S/C33H38N6O2/c1-39(2)14-4-7-32(41)38-28-10-8-23(9-11-28)17-30(40)18-25-6-3-5-24(15-25)16-29-20-31(37-22-36-29)27-19-26-12-13-34-33(26)35-21-27/h3-7,12-13,15,19-23,28H,8-11,14,16-18H2,1-2H3,(H,34,35)(H,38,41)/b7-4+. The van der Waals surface area contributed by atoms with E-state index in [1.807, 2.05) is 61.7 Å². The molecule has 0 bridgehead atoms. The number of likely N-dealkylation sites (N-methyl/N-ethyl adjacent to an activating group) is 1. The van der Waals surface area contributed by atoms with Crippen molar-refractivity contribution in [1.29, 1.82) is 0 Å². The lowest BCUT2D eigenvalue weighted by Gasteiger charge is -2.28. The highest BCUT2D eigenvalue weighted by atomic mass is 16.1. The zero-order valence-electron chi connectivity index (χ0n) is 23.8. The number of nitrogens with zero attached hydrogens (tertiary/aromatic N) is 4. The van der Waals surface area contributed by atoms with E-state index in [2.05, 4.69) is 43.5 Å². The normalized spacial score (nSPS) is 17.3. The second kappa shape index (κ2) is 13.5. The number of aromatic nitrogens is 4. The van der Waals surface area contributed by atoms with E-state index in [-0.39, 0.29) is 17.7 Å². The summed E-state index contributed by atoms with van der Waals surface area (Å²) in [7, 11) is 3.95. The Labute approximate surface area is 241 Å². The quantitative estimate of drug-likeness (QED) is 0.257. The maximum absolute atomic E-state index is 12.9. The summed E-state index contributed by atoms with van der Waals surface area (Å²) in [6, 6.07) is 14.5. The zero-order chi connectivity index (χ0) is 28.6. The van der Waals surface area contributed by atoms with Crippen LogP contribution in [-0.2, 0) is 22.4 Å². The third-order valence-electron chi connectivity index (χ3n) is 7.65. The second-order valence-electron chi connectivity index (χ2n) is 11.3. The molecular formula is C33H38N6O2. The first-order valence-corrected chi connectivity index (χ1v) is 14.4. The molecule has 0 radical (unpaired) electrons. The molecule has 1 aromatic carbocycles. The van der Waals surface area contributed by atoms with Crippen LogP contribution in [0.15, 0.2) is 73.3 Å². The zero-order valence-corrected chi connectivity index (χ0v) is 23.8. The van der Waals surface area contributed by atoms with E-state index in [0.717, 1.165) is 71.3 Å². The number of hydrogen-bond acceptors (Lipinski definition) is 6. The number of pyridine rings is 1. The molecule has 41 heavy (non-hydrogen) atoms. The molecule has 8 nitrogen and oxygen atoms in total. The Hall–Kier alpha value is -4.17. The average Bonchev–Trinajstić information content (AvgIpc) is 3.42. The van der Waals surface area contributed by atoms with Gasteiger partial charge in [-0.15, -0.1) is 0 Å². The average molecular weight is 551 g/mol. The van der Waals surface area contributed by atoms with Crippen molar-refractivity contribution in [2.45, 2.75) is 51.0 Å². The van der Waals surface area contributed by atoms with Crippen LogP contribution in [0.4, 0.5) is 0 Å². The van der Waals surface area contributed by atoms with Crippen LogP contribution >= 0.6 is 0 Å². The van der Waals surface area contributed by atoms with Gasteiger partial charge in [-0.1, -0.05) is 30.3 Å². The first-order chi connectivity index (χ1) is 19.9. The monoisotopic (exact) mass is 550 g/mol. The van der Waals surface area contributed by atoms with Crippen LogP contribution in [0.2, 0.25) is 0 Å². The number of Topliss-reactive ketones (excluding diaryl/α,β-unsaturated/α-hetero) is 1. The molecule has 0 atom stereocenters. The molecule has 8 heteroatoms. The fraction of sp³-hybridized carbons (Fsp3) is 0.364. The van der Waals surface area contributed by atoms with E-state index in [9.17, 15) is 9.59 Å². The van der Waals surface area contributed by atoms with Crippen molar-refractivity contribution < 1.29 is 9.59 Å². The van der Waals surface area contributed by atoms with Gasteiger partial charge in [-0.25, -0.2) is 15.0 Å². The Morgan fingerprint density at radius 1 is 1.02 bits per heavy atom. The number of carbonyl (C=O) groups excluding carboxylic acids is 2. The largest absolute Gasteiger partial charge is 0.350 e. The molecule has 1 amide bonds. The van der Waals surface area contributed by atoms with Gasteiger partial charge in [-0.2, -0.15) is 0 Å². The van der Waals surface area contributed by atoms with E-state index in [0.29, 0.717) is 25.2 Å². The Kier molecular flexibility index (Phi) is 9.31. The number of amides is 1. The van der Waals surface area contributed by atoms with Crippen LogP contribution in [0, 0.1) is 5.92 Å². The van der Waals surface area contributed by atoms with E-state index in [1.54, 1.807) is 12.4 Å². The van der Waals surface area contributed by atoms with Crippen molar-refractivity contribution in [3.63, 3.8) is 0 Å². The lowest BCUT2D eigenvalue weighted by atomic mass is 9.82. The molecule has 0 spiro atoms. The summed E-state index contributed by atoms with van der Waals surface area (Å²) < 4.78 is 0. The van der Waals surface area contributed by atoms with Crippen LogP contribution < -0.4 is 5.32 Å². The van der Waals surface area contributed by atoms with Crippen molar-refractivity contribution >= 4 is 22.7 Å². The highest BCUT2D eigenvalue weighted by Gasteiger charge is 2.23. The van der Waals surface area contributed by atoms with Gasteiger partial charge in [0, 0.05) is 67.0 Å². The second-order valence-corrected chi connectivity index (χ2v) is 11.3. The summed E-state index contributed by atoms with van der Waals surface area (Å²) in [6.45, 7) is 0.747. The molecule has 0 aliphatic heterocycles. The van der Waals surface area contributed by atoms with E-state index < -0.39 is 0 Å². The molecule has 2 N–H and O–H groups in total. The van der Waals surface area contributed by atoms with Crippen LogP contribution in [0.5, 0.6) is 0 Å². The maximum atomic E-state index is 12.9. The summed E-state index contributed by atoms with van der Waals surface area (Å²) in [5.41, 5.74) is 5.73. The number of benzene rings is 1. The van der Waals surface area contributed by atoms with Crippen molar-refractivity contribution in [3.8, 4) is 11.3 Å². The minimum Gasteiger partial charge on any atom is -0.350 e. The Morgan fingerprint density at radius 2 is 1.85 bits per heavy atom. The van der Waals surface area contributed by atoms with Gasteiger partial charge in [0.15, 0.2) is 0 Å². The van der Waals surface area contributed by atoms with Gasteiger partial charge in [0.05, 0.1) is 5.69 Å². The number of fused-ring (bicyclic) bond motifs is 1. The fourth-order valence-electron chi connectivity index (χ4n) is 5.54. The topological polar surface area (TPSA) is 104 Å². The van der Waals surface area contributed by atoms with Crippen molar-refractivity contribution in [2.75, 3.05) is 20.6 Å². The molecule has 0 saturated heterocycles. The summed E-state index contributed by atoms with van der Waals surface area (Å²) in [4.78, 5) is 43.6. The van der Waals surface area contributed by atoms with Gasteiger partial charge in [0.2, 0.25) is 5.91 Å². The molecule has 1 aliphatic carbocycles. The van der Waals surface area contributed by atoms with Gasteiger partial charge in [-0.05, 0) is 75.0 Å². The Bertz CT molecular complexity index is 1520. The molecule has 0 unspecified atom stereocenters. The minimum atomic E-state index is -0.0281. The molecule has 4 aromatic rings. The Morgan fingerprint density at radius 3 is 2.68 bits per heavy atom. The molecular weight excluding hydrogens is 512 g/mol. The van der Waals surface area contributed by atoms with Crippen molar-refractivity contribution in [2.24, 2.45) is 5.92 Å². The van der Waals surface area contributed by atoms with Crippen molar-refractivity contribution in [1.82, 2.24) is 30.2 Å². The van der Waals surface area contributed by atoms with Gasteiger partial charge < -0.3 is 15.2 Å². The fourth-order valence-corrected chi connectivity index (χ4v) is 5.54. The number of rotatable bonds is 11. The first kappa shape index (κ1) is 28.4. The van der Waals surface area contributed by atoms with Gasteiger partial charge in [0.25, 0.3) is 0 Å². The van der Waals surface area contributed by atoms with Gasteiger partial charge in [0.1, 0.15) is 17.8 Å². The molecule has 1 aliphatic rings. The number of ketones is 1. The van der Waals surface area contributed by atoms with Gasteiger partial charge >= 0.3 is 0 Å². The van der Waals surface area contributed by atoms with Crippen LogP contribution in [-0.4, -0.2) is 63.2 Å². The summed E-state index contributed by atoms with van der Waals surface area (Å²) in [5, 5.41) is 4.15. The van der Waals surface area contributed by atoms with Crippen LogP contribution in [0.3, 0.4) is 0 Å². The number of H-pyrrole nitrogens is 1. The van der Waals surface area contributed by atoms with E-state index >= 15 is 0 Å². The first-order valence-electron chi connectivity index (χ1n) is 14.4. The molecule has 212 valence electrons. The molecule has 3 aromatic heterocycles. The third-order valence-corrected chi connectivity index (χ3v) is 7.65. The van der Waals surface area contributed by atoms with E-state index in [4.69, 9.17) is 0 Å². The lowest BCUT2D eigenvalue weighted by molar-refractivity contribution is -0.120. The lowest BCUT2D eigenvalue weighted by Crippen LogP contribution is -2.37. The predicted octanol–water partition coefficient (Wildman–Crippen LogP) is 4.91. The summed E-state index contributed by atoms with van der Waals surface area (Å²) >= 11 is 0. The highest BCUT2D eigenvalue weighted by Crippen LogP contribution is 2.28. The summed E-state index contributed by atoms with van der Waals surface area (Å²) in [5.74, 6) is 0.639. The number of hydrogen-bond donors (Lipinski definition) is 2. The number of nitrogens with one attached hydrogen (secondary N) is 2. The molecule has 1 fully saturated rings. The smallest absolute Gasteiger partial charge is 0.243 e. The van der Waals surface area contributed by atoms with Crippen LogP contribution in [0.1, 0.15) is 48.9 Å². The number of carbonyl (C=O) groups is 2. The van der Waals surface area contributed by atoms with Crippen LogP contribution in [0.25, 0.3) is 22.3 Å². The van der Waals surface area contributed by atoms with E-state index in [1.165, 1.54) is 0 Å². The number of aromatic amines is 1. The van der Waals surface area contributed by atoms with Crippen molar-refractivity contribution in [3.05, 3.63) is 90.2 Å².